The van der Waals surface area contributed by atoms with Crippen molar-refractivity contribution in [3.63, 3.8) is 0 Å². The van der Waals surface area contributed by atoms with Crippen LogP contribution >= 0.6 is 0 Å². The topological polar surface area (TPSA) is 12.9 Å². The Bertz CT molecular complexity index is 1860. The maximum atomic E-state index is 4.35. The average molecular weight is 558 g/mol. The Morgan fingerprint density at radius 1 is 0.605 bits per heavy atom. The Hall–Kier alpha value is -4.75. The molecular weight excluding hydrogens is 518 g/mol. The van der Waals surface area contributed by atoms with Crippen molar-refractivity contribution in [1.82, 2.24) is 4.98 Å². The Morgan fingerprint density at radius 2 is 1.21 bits per heavy atom. The molecule has 0 amide bonds. The smallest absolute Gasteiger partial charge is 0.0349 e. The summed E-state index contributed by atoms with van der Waals surface area (Å²) < 4.78 is 0. The average Bonchev–Trinajstić information content (AvgIpc) is 3.07. The molecule has 212 valence electrons. The summed E-state index contributed by atoms with van der Waals surface area (Å²) >= 11 is 0. The molecule has 1 saturated carbocycles. The van der Waals surface area contributed by atoms with Crippen molar-refractivity contribution in [1.29, 1.82) is 0 Å². The number of hydrogen-bond acceptors (Lipinski definition) is 1. The van der Waals surface area contributed by atoms with Crippen LogP contribution in [0.1, 0.15) is 71.4 Å². The van der Waals surface area contributed by atoms with Crippen LogP contribution < -0.4 is 0 Å². The van der Waals surface area contributed by atoms with Crippen LogP contribution in [-0.2, 0) is 0 Å². The molecule has 1 aliphatic rings. The van der Waals surface area contributed by atoms with Gasteiger partial charge in [-0.3, -0.25) is 4.98 Å². The molecule has 0 aliphatic heterocycles. The highest BCUT2D eigenvalue weighted by Crippen LogP contribution is 2.46. The van der Waals surface area contributed by atoms with E-state index in [0.29, 0.717) is 5.92 Å². The van der Waals surface area contributed by atoms with E-state index in [0.717, 1.165) is 38.9 Å². The second-order valence-corrected chi connectivity index (χ2v) is 11.6. The van der Waals surface area contributed by atoms with Crippen molar-refractivity contribution in [3.05, 3.63) is 139 Å². The van der Waals surface area contributed by atoms with Gasteiger partial charge in [0, 0.05) is 18.0 Å². The molecule has 43 heavy (non-hydrogen) atoms. The van der Waals surface area contributed by atoms with Gasteiger partial charge in [-0.25, -0.2) is 0 Å². The van der Waals surface area contributed by atoms with E-state index < -0.39 is 0 Å². The van der Waals surface area contributed by atoms with Gasteiger partial charge in [-0.1, -0.05) is 131 Å². The van der Waals surface area contributed by atoms with E-state index in [9.17, 15) is 0 Å². The zero-order valence-corrected chi connectivity index (χ0v) is 25.2. The minimum atomic E-state index is 0.578. The number of nitrogens with zero attached hydrogens (tertiary/aromatic N) is 1. The van der Waals surface area contributed by atoms with Gasteiger partial charge in [-0.2, -0.15) is 0 Å². The van der Waals surface area contributed by atoms with Gasteiger partial charge < -0.3 is 0 Å². The van der Waals surface area contributed by atoms with Gasteiger partial charge in [-0.05, 0) is 104 Å². The summed E-state index contributed by atoms with van der Waals surface area (Å²) in [6, 6.07) is 24.2. The number of hydrogen-bond donors (Lipinski definition) is 0. The number of pyridine rings is 1. The summed E-state index contributed by atoms with van der Waals surface area (Å²) in [5.41, 5.74) is 14.1. The van der Waals surface area contributed by atoms with Crippen molar-refractivity contribution in [2.24, 2.45) is 0 Å². The first-order valence-electron chi connectivity index (χ1n) is 15.4. The van der Waals surface area contributed by atoms with E-state index >= 15 is 0 Å². The lowest BCUT2D eigenvalue weighted by atomic mass is 9.77. The highest BCUT2D eigenvalue weighted by Gasteiger charge is 2.24. The lowest BCUT2D eigenvalue weighted by molar-refractivity contribution is 0.443. The predicted octanol–water partition coefficient (Wildman–Crippen LogP) is 12.2. The van der Waals surface area contributed by atoms with Gasteiger partial charge >= 0.3 is 0 Å². The van der Waals surface area contributed by atoms with Crippen LogP contribution in [0, 0.1) is 6.92 Å². The van der Waals surface area contributed by atoms with Gasteiger partial charge in [0.05, 0.1) is 0 Å². The molecule has 1 aromatic heterocycles. The van der Waals surface area contributed by atoms with Gasteiger partial charge in [0.1, 0.15) is 0 Å². The van der Waals surface area contributed by atoms with Gasteiger partial charge in [-0.15, -0.1) is 0 Å². The molecular formula is C42H39N. The lowest BCUT2D eigenvalue weighted by Crippen LogP contribution is -2.08. The second-order valence-electron chi connectivity index (χ2n) is 11.6. The van der Waals surface area contributed by atoms with Crippen LogP contribution in [0.5, 0.6) is 0 Å². The number of rotatable bonds is 8. The van der Waals surface area contributed by atoms with E-state index in [2.05, 4.69) is 105 Å². The van der Waals surface area contributed by atoms with E-state index in [-0.39, 0.29) is 0 Å². The Balaban J connectivity index is 1.60. The van der Waals surface area contributed by atoms with E-state index in [1.54, 1.807) is 0 Å². The van der Waals surface area contributed by atoms with Crippen LogP contribution in [0.4, 0.5) is 0 Å². The van der Waals surface area contributed by atoms with Crippen molar-refractivity contribution in [2.75, 3.05) is 0 Å². The van der Waals surface area contributed by atoms with Crippen LogP contribution in [-0.4, -0.2) is 4.98 Å². The first-order valence-corrected chi connectivity index (χ1v) is 15.4. The zero-order valence-electron chi connectivity index (χ0n) is 25.2. The first kappa shape index (κ1) is 28.4. The molecule has 0 bridgehead atoms. The van der Waals surface area contributed by atoms with Crippen molar-refractivity contribution < 1.29 is 0 Å². The molecule has 0 radical (unpaired) electrons. The van der Waals surface area contributed by atoms with E-state index in [1.165, 1.54) is 70.7 Å². The number of aromatic nitrogens is 1. The number of benzene rings is 4. The molecule has 0 unspecified atom stereocenters. The quantitative estimate of drug-likeness (QED) is 0.185. The minimum absolute atomic E-state index is 0.578. The summed E-state index contributed by atoms with van der Waals surface area (Å²) in [5, 5.41) is 2.38. The lowest BCUT2D eigenvalue weighted by Gasteiger charge is -2.27. The zero-order chi connectivity index (χ0) is 29.9. The standard InChI is InChI=1S/C42H39N/c1-6-32-33(7-2)39(24-23-36(32)29-15-11-10-12-16-29)42-35(9-4)34(8-3)41(37-17-13-14-18-38(37)42)31-21-19-30(20-22-31)40-27-43-26-25-28(40)5/h6-9,13-14,17-27,29H,1-4,10-12,15-16H2,5H3. The molecule has 6 rings (SSSR count). The normalized spacial score (nSPS) is 13.5. The maximum Gasteiger partial charge on any atom is 0.0349 e. The van der Waals surface area contributed by atoms with E-state index in [1.807, 2.05) is 36.7 Å². The Morgan fingerprint density at radius 3 is 1.84 bits per heavy atom. The molecule has 0 spiro atoms. The number of fused-ring (bicyclic) bond motifs is 1. The second kappa shape index (κ2) is 12.2. The third-order valence-corrected chi connectivity index (χ3v) is 9.27. The fourth-order valence-corrected chi connectivity index (χ4v) is 7.18. The fourth-order valence-electron chi connectivity index (χ4n) is 7.18. The Labute approximate surface area is 256 Å². The molecule has 1 nitrogen and oxygen atoms in total. The third kappa shape index (κ3) is 5.00. The third-order valence-electron chi connectivity index (χ3n) is 9.27. The molecule has 0 N–H and O–H groups in total. The van der Waals surface area contributed by atoms with Gasteiger partial charge in [0.15, 0.2) is 0 Å². The Kier molecular flexibility index (Phi) is 8.07. The maximum absolute atomic E-state index is 4.35. The number of aryl methyl sites for hydroxylation is 1. The van der Waals surface area contributed by atoms with Crippen molar-refractivity contribution in [2.45, 2.75) is 44.9 Å². The minimum Gasteiger partial charge on any atom is -0.264 e. The summed E-state index contributed by atoms with van der Waals surface area (Å²) in [5.74, 6) is 0.578. The van der Waals surface area contributed by atoms with Crippen LogP contribution in [0.15, 0.2) is 105 Å². The van der Waals surface area contributed by atoms with Gasteiger partial charge in [0.25, 0.3) is 0 Å². The molecule has 5 aromatic rings. The first-order chi connectivity index (χ1) is 21.1. The molecule has 1 fully saturated rings. The van der Waals surface area contributed by atoms with Crippen molar-refractivity contribution >= 4 is 35.1 Å². The molecule has 1 heteroatoms. The fraction of sp³-hybridized carbons (Fsp3) is 0.167. The molecule has 4 aromatic carbocycles. The monoisotopic (exact) mass is 557 g/mol. The molecule has 0 saturated heterocycles. The largest absolute Gasteiger partial charge is 0.264 e. The van der Waals surface area contributed by atoms with Crippen LogP contribution in [0.25, 0.3) is 68.5 Å². The summed E-state index contributed by atoms with van der Waals surface area (Å²) in [7, 11) is 0. The summed E-state index contributed by atoms with van der Waals surface area (Å²) in [4.78, 5) is 4.35. The molecule has 0 atom stereocenters. The van der Waals surface area contributed by atoms with Crippen molar-refractivity contribution in [3.8, 4) is 33.4 Å². The SMILES string of the molecule is C=Cc1c(-c2c(C=C)c(C=C)c(-c3ccc(-c4cnccc4C)cc3)c3ccccc23)ccc(C2CCCCC2)c1C=C. The molecule has 1 heterocycles. The van der Waals surface area contributed by atoms with Crippen LogP contribution in [0.3, 0.4) is 0 Å². The predicted molar refractivity (Wildman–Crippen MR) is 189 cm³/mol. The van der Waals surface area contributed by atoms with Gasteiger partial charge in [0.2, 0.25) is 0 Å². The molecule has 1 aliphatic carbocycles. The summed E-state index contributed by atoms with van der Waals surface area (Å²) in [6.45, 7) is 19.3. The summed E-state index contributed by atoms with van der Waals surface area (Å²) in [6.07, 6.45) is 18.2. The van der Waals surface area contributed by atoms with Crippen LogP contribution in [0.2, 0.25) is 0 Å². The highest BCUT2D eigenvalue weighted by atomic mass is 14.6. The van der Waals surface area contributed by atoms with E-state index in [4.69, 9.17) is 0 Å². The highest BCUT2D eigenvalue weighted by molar-refractivity contribution is 6.12.